The number of aliphatic imine (C=N–C) groups is 1. The Hall–Kier alpha value is -1.62. The van der Waals surface area contributed by atoms with Crippen LogP contribution in [0.5, 0.6) is 0 Å². The lowest BCUT2D eigenvalue weighted by atomic mass is 9.74. The van der Waals surface area contributed by atoms with Gasteiger partial charge in [-0.25, -0.2) is 4.99 Å². The molecule has 2 heterocycles. The minimum atomic E-state index is -0.222. The van der Waals surface area contributed by atoms with E-state index in [0.29, 0.717) is 12.4 Å². The molecule has 0 amide bonds. The van der Waals surface area contributed by atoms with Crippen molar-refractivity contribution >= 4 is 23.1 Å². The van der Waals surface area contributed by atoms with Crippen LogP contribution >= 0.6 is 11.3 Å². The van der Waals surface area contributed by atoms with Crippen LogP contribution in [-0.2, 0) is 4.79 Å². The van der Waals surface area contributed by atoms with Crippen LogP contribution in [0, 0.1) is 5.41 Å². The van der Waals surface area contributed by atoms with E-state index in [1.807, 2.05) is 17.5 Å². The molecule has 5 heteroatoms. The van der Waals surface area contributed by atoms with E-state index in [0.717, 1.165) is 22.6 Å². The SMILES string of the molecule is CC1(C)CC(=O)C2=C(C1)NC(N)=NC2c1cccs1. The number of ketones is 1. The van der Waals surface area contributed by atoms with E-state index < -0.39 is 0 Å². The van der Waals surface area contributed by atoms with Gasteiger partial charge in [0.1, 0.15) is 6.04 Å². The summed E-state index contributed by atoms with van der Waals surface area (Å²) in [7, 11) is 0. The average Bonchev–Trinajstić information content (AvgIpc) is 2.78. The molecule has 1 aliphatic heterocycles. The fourth-order valence-electron chi connectivity index (χ4n) is 2.81. The number of carbonyl (C=O) groups is 1. The molecule has 3 N–H and O–H groups in total. The topological polar surface area (TPSA) is 67.5 Å². The number of carbonyl (C=O) groups excluding carboxylic acids is 1. The number of nitrogens with zero attached hydrogens (tertiary/aromatic N) is 1. The standard InChI is InChI=1S/C14H17N3OS/c1-14(2)6-8-11(9(18)7-14)12(17-13(15)16-8)10-4-3-5-19-10/h3-5,12H,6-7H2,1-2H3,(H3,15,16,17). The Labute approximate surface area is 116 Å². The highest BCUT2D eigenvalue weighted by Crippen LogP contribution is 2.43. The van der Waals surface area contributed by atoms with Gasteiger partial charge in [-0.15, -0.1) is 11.3 Å². The molecule has 2 aliphatic rings. The molecule has 0 spiro atoms. The number of Topliss-reactive ketones (excluding diaryl/α,β-unsaturated/α-hetero) is 1. The lowest BCUT2D eigenvalue weighted by Crippen LogP contribution is -2.42. The fourth-order valence-corrected chi connectivity index (χ4v) is 3.58. The Morgan fingerprint density at radius 2 is 2.26 bits per heavy atom. The first-order valence-corrected chi connectivity index (χ1v) is 7.24. The van der Waals surface area contributed by atoms with Gasteiger partial charge in [-0.2, -0.15) is 0 Å². The second kappa shape index (κ2) is 4.20. The maximum absolute atomic E-state index is 12.5. The van der Waals surface area contributed by atoms with Gasteiger partial charge in [0.15, 0.2) is 11.7 Å². The molecule has 19 heavy (non-hydrogen) atoms. The van der Waals surface area contributed by atoms with Crippen LogP contribution in [0.3, 0.4) is 0 Å². The summed E-state index contributed by atoms with van der Waals surface area (Å²) >= 11 is 1.61. The van der Waals surface area contributed by atoms with Crippen LogP contribution in [0.15, 0.2) is 33.8 Å². The van der Waals surface area contributed by atoms with Crippen molar-refractivity contribution in [3.8, 4) is 0 Å². The largest absolute Gasteiger partial charge is 0.370 e. The predicted molar refractivity (Wildman–Crippen MR) is 76.9 cm³/mol. The second-order valence-corrected chi connectivity index (χ2v) is 6.87. The molecule has 0 fully saturated rings. The summed E-state index contributed by atoms with van der Waals surface area (Å²) in [4.78, 5) is 17.9. The van der Waals surface area contributed by atoms with E-state index in [9.17, 15) is 4.79 Å². The maximum atomic E-state index is 12.5. The van der Waals surface area contributed by atoms with Crippen molar-refractivity contribution in [1.29, 1.82) is 0 Å². The van der Waals surface area contributed by atoms with Crippen LogP contribution in [-0.4, -0.2) is 11.7 Å². The molecule has 1 aromatic heterocycles. The van der Waals surface area contributed by atoms with Crippen molar-refractivity contribution in [3.63, 3.8) is 0 Å². The van der Waals surface area contributed by atoms with Gasteiger partial charge < -0.3 is 11.1 Å². The quantitative estimate of drug-likeness (QED) is 0.826. The van der Waals surface area contributed by atoms with Crippen molar-refractivity contribution in [2.24, 2.45) is 16.1 Å². The molecule has 1 aromatic rings. The normalized spacial score (nSPS) is 25.7. The monoisotopic (exact) mass is 275 g/mol. The number of hydrogen-bond donors (Lipinski definition) is 2. The summed E-state index contributed by atoms with van der Waals surface area (Å²) < 4.78 is 0. The number of hydrogen-bond acceptors (Lipinski definition) is 5. The third kappa shape index (κ3) is 2.18. The van der Waals surface area contributed by atoms with Crippen LogP contribution < -0.4 is 11.1 Å². The third-order valence-electron chi connectivity index (χ3n) is 3.55. The Bertz CT molecular complexity index is 584. The molecule has 1 aliphatic carbocycles. The van der Waals surface area contributed by atoms with Crippen LogP contribution in [0.2, 0.25) is 0 Å². The minimum absolute atomic E-state index is 0.0134. The van der Waals surface area contributed by atoms with Crippen molar-refractivity contribution in [1.82, 2.24) is 5.32 Å². The van der Waals surface area contributed by atoms with Gasteiger partial charge in [-0.3, -0.25) is 4.79 Å². The van der Waals surface area contributed by atoms with Crippen molar-refractivity contribution in [2.75, 3.05) is 0 Å². The Morgan fingerprint density at radius 1 is 1.47 bits per heavy atom. The summed E-state index contributed by atoms with van der Waals surface area (Å²) in [6.45, 7) is 4.22. The third-order valence-corrected chi connectivity index (χ3v) is 4.48. The number of thiophene rings is 1. The van der Waals surface area contributed by atoms with Gasteiger partial charge in [-0.05, 0) is 23.3 Å². The number of nitrogens with one attached hydrogen (secondary N) is 1. The molecule has 0 bridgehead atoms. The first-order chi connectivity index (χ1) is 8.96. The predicted octanol–water partition coefficient (Wildman–Crippen LogP) is 2.35. The Morgan fingerprint density at radius 3 is 2.95 bits per heavy atom. The highest BCUT2D eigenvalue weighted by molar-refractivity contribution is 7.10. The minimum Gasteiger partial charge on any atom is -0.370 e. The number of allylic oxidation sites excluding steroid dienone is 1. The van der Waals surface area contributed by atoms with E-state index in [4.69, 9.17) is 5.73 Å². The van der Waals surface area contributed by atoms with Gasteiger partial charge >= 0.3 is 0 Å². The van der Waals surface area contributed by atoms with Crippen molar-refractivity contribution in [2.45, 2.75) is 32.7 Å². The fraction of sp³-hybridized carbons (Fsp3) is 0.429. The molecule has 4 nitrogen and oxygen atoms in total. The van der Waals surface area contributed by atoms with Crippen LogP contribution in [0.1, 0.15) is 37.6 Å². The maximum Gasteiger partial charge on any atom is 0.193 e. The lowest BCUT2D eigenvalue weighted by Gasteiger charge is -2.36. The van der Waals surface area contributed by atoms with Crippen molar-refractivity contribution in [3.05, 3.63) is 33.7 Å². The first-order valence-electron chi connectivity index (χ1n) is 6.36. The van der Waals surface area contributed by atoms with Crippen LogP contribution in [0.25, 0.3) is 0 Å². The van der Waals surface area contributed by atoms with Gasteiger partial charge in [-0.1, -0.05) is 19.9 Å². The summed E-state index contributed by atoms with van der Waals surface area (Å²) in [6.07, 6.45) is 1.41. The summed E-state index contributed by atoms with van der Waals surface area (Å²) in [5, 5.41) is 5.09. The molecule has 0 saturated carbocycles. The van der Waals surface area contributed by atoms with E-state index in [1.165, 1.54) is 0 Å². The van der Waals surface area contributed by atoms with E-state index in [-0.39, 0.29) is 17.2 Å². The van der Waals surface area contributed by atoms with Gasteiger partial charge in [0.25, 0.3) is 0 Å². The first kappa shape index (κ1) is 12.4. The summed E-state index contributed by atoms with van der Waals surface area (Å²) in [6, 6.07) is 3.76. The number of rotatable bonds is 1. The number of guanidine groups is 1. The lowest BCUT2D eigenvalue weighted by molar-refractivity contribution is -0.118. The molecular formula is C14H17N3OS. The average molecular weight is 275 g/mol. The van der Waals surface area contributed by atoms with E-state index >= 15 is 0 Å². The molecule has 0 saturated heterocycles. The van der Waals surface area contributed by atoms with Gasteiger partial charge in [0.05, 0.1) is 0 Å². The van der Waals surface area contributed by atoms with Gasteiger partial charge in [0.2, 0.25) is 0 Å². The molecule has 0 radical (unpaired) electrons. The smallest absolute Gasteiger partial charge is 0.193 e. The zero-order valence-corrected chi connectivity index (χ0v) is 11.9. The highest BCUT2D eigenvalue weighted by atomic mass is 32.1. The Balaban J connectivity index is 2.07. The zero-order valence-electron chi connectivity index (χ0n) is 11.1. The zero-order chi connectivity index (χ0) is 13.6. The second-order valence-electron chi connectivity index (χ2n) is 5.89. The summed E-state index contributed by atoms with van der Waals surface area (Å²) in [5.74, 6) is 0.594. The highest BCUT2D eigenvalue weighted by Gasteiger charge is 2.39. The summed E-state index contributed by atoms with van der Waals surface area (Å²) in [5.41, 5.74) is 7.61. The molecule has 1 atom stereocenters. The van der Waals surface area contributed by atoms with E-state index in [1.54, 1.807) is 11.3 Å². The van der Waals surface area contributed by atoms with Crippen molar-refractivity contribution < 1.29 is 4.79 Å². The molecule has 0 aromatic carbocycles. The van der Waals surface area contributed by atoms with Crippen LogP contribution in [0.4, 0.5) is 0 Å². The number of nitrogens with two attached hydrogens (primary N) is 1. The Kier molecular flexibility index (Phi) is 2.74. The molecular weight excluding hydrogens is 258 g/mol. The van der Waals surface area contributed by atoms with Gasteiger partial charge in [0, 0.05) is 22.6 Å². The molecule has 1 unspecified atom stereocenters. The molecule has 3 rings (SSSR count). The van der Waals surface area contributed by atoms with E-state index in [2.05, 4.69) is 24.2 Å². The molecule has 100 valence electrons.